The van der Waals surface area contributed by atoms with Crippen molar-refractivity contribution in [3.63, 3.8) is 0 Å². The largest absolute Gasteiger partial charge is 0.370 e. The van der Waals surface area contributed by atoms with Crippen LogP contribution < -0.4 is 27.4 Å². The predicted molar refractivity (Wildman–Crippen MR) is 166 cm³/mol. The zero-order chi connectivity index (χ0) is 30.8. The van der Waals surface area contributed by atoms with Gasteiger partial charge in [0.25, 0.3) is 0 Å². The summed E-state index contributed by atoms with van der Waals surface area (Å²) in [7, 11) is 1.57. The van der Waals surface area contributed by atoms with Crippen molar-refractivity contribution >= 4 is 34.5 Å². The standard InChI is InChI=1S/C32H40FN7O3/c1-36-30(42)28(18-22-8-11-23-5-2-3-6-24(23)17-22)40-16-14-26(39-27(31(40)43)7-4-15-37-32(34)35)20-38-29(41)19-21-9-12-25(33)13-10-21/h2-3,5-6,8-13,17,26-28,39H,4,7,14-16,18-20H2,1H3,(H,36,42)(H,38,41)(H4,34,35,37)/t26-,27-,28-/m0/s1. The van der Waals surface area contributed by atoms with Gasteiger partial charge in [-0.05, 0) is 53.3 Å². The summed E-state index contributed by atoms with van der Waals surface area (Å²) in [5.41, 5.74) is 12.6. The molecule has 1 heterocycles. The highest BCUT2D eigenvalue weighted by Crippen LogP contribution is 2.21. The van der Waals surface area contributed by atoms with Gasteiger partial charge in [-0.1, -0.05) is 54.6 Å². The number of fused-ring (bicyclic) bond motifs is 1. The van der Waals surface area contributed by atoms with Crippen LogP contribution in [-0.2, 0) is 27.2 Å². The van der Waals surface area contributed by atoms with Gasteiger partial charge in [-0.3, -0.25) is 19.4 Å². The molecule has 0 radical (unpaired) electrons. The van der Waals surface area contributed by atoms with Crippen molar-refractivity contribution < 1.29 is 18.8 Å². The van der Waals surface area contributed by atoms with E-state index in [0.29, 0.717) is 50.9 Å². The Kier molecular flexibility index (Phi) is 11.0. The number of nitrogens with one attached hydrogen (secondary N) is 3. The average molecular weight is 590 g/mol. The third-order valence-electron chi connectivity index (χ3n) is 7.67. The second kappa shape index (κ2) is 15.1. The van der Waals surface area contributed by atoms with Gasteiger partial charge >= 0.3 is 0 Å². The Bertz CT molecular complexity index is 1440. The molecule has 0 unspecified atom stereocenters. The first-order valence-electron chi connectivity index (χ1n) is 14.6. The minimum atomic E-state index is -0.715. The van der Waals surface area contributed by atoms with E-state index < -0.39 is 12.1 Å². The van der Waals surface area contributed by atoms with Crippen LogP contribution in [0.2, 0.25) is 0 Å². The molecular weight excluding hydrogens is 549 g/mol. The number of halogens is 1. The van der Waals surface area contributed by atoms with E-state index >= 15 is 0 Å². The highest BCUT2D eigenvalue weighted by Gasteiger charge is 2.37. The van der Waals surface area contributed by atoms with Crippen LogP contribution in [0.4, 0.5) is 4.39 Å². The summed E-state index contributed by atoms with van der Waals surface area (Å²) in [5, 5.41) is 11.3. The minimum absolute atomic E-state index is 0.0152. The number of nitrogens with zero attached hydrogens (tertiary/aromatic N) is 2. The van der Waals surface area contributed by atoms with Crippen molar-refractivity contribution in [3.8, 4) is 0 Å². The molecule has 1 aliphatic rings. The SMILES string of the molecule is CNC(=O)[C@H](Cc1ccc2ccccc2c1)N1CC[C@@H](CNC(=O)Cc2ccc(F)cc2)N[C@@H](CCCN=C(N)N)C1=O. The number of carbonyl (C=O) groups is 3. The Morgan fingerprint density at radius 1 is 1.07 bits per heavy atom. The van der Waals surface area contributed by atoms with Gasteiger partial charge in [0.2, 0.25) is 17.7 Å². The van der Waals surface area contributed by atoms with Crippen LogP contribution >= 0.6 is 0 Å². The molecule has 1 fully saturated rings. The lowest BCUT2D eigenvalue weighted by atomic mass is 9.99. The topological polar surface area (TPSA) is 155 Å². The molecule has 1 aliphatic heterocycles. The molecule has 11 heteroatoms. The highest BCUT2D eigenvalue weighted by molar-refractivity contribution is 5.90. The van der Waals surface area contributed by atoms with Gasteiger partial charge in [0, 0.05) is 39.1 Å². The predicted octanol–water partition coefficient (Wildman–Crippen LogP) is 1.61. The van der Waals surface area contributed by atoms with Crippen molar-refractivity contribution in [2.45, 2.75) is 50.2 Å². The van der Waals surface area contributed by atoms with Crippen LogP contribution in [0.15, 0.2) is 71.7 Å². The molecule has 3 amide bonds. The van der Waals surface area contributed by atoms with Crippen LogP contribution in [0.1, 0.15) is 30.4 Å². The second-order valence-electron chi connectivity index (χ2n) is 10.8. The quantitative estimate of drug-likeness (QED) is 0.123. The minimum Gasteiger partial charge on any atom is -0.370 e. The molecule has 0 aliphatic carbocycles. The van der Waals surface area contributed by atoms with Crippen molar-refractivity contribution in [3.05, 3.63) is 83.7 Å². The summed E-state index contributed by atoms with van der Waals surface area (Å²) in [6, 6.07) is 18.3. The Morgan fingerprint density at radius 3 is 2.51 bits per heavy atom. The first-order chi connectivity index (χ1) is 20.7. The number of carbonyl (C=O) groups excluding carboxylic acids is 3. The Balaban J connectivity index is 1.50. The summed E-state index contributed by atoms with van der Waals surface area (Å²) in [6.07, 6.45) is 2.00. The van der Waals surface area contributed by atoms with Crippen LogP contribution in [0.25, 0.3) is 10.8 Å². The zero-order valence-electron chi connectivity index (χ0n) is 24.4. The van der Waals surface area contributed by atoms with Gasteiger partial charge in [-0.2, -0.15) is 0 Å². The van der Waals surface area contributed by atoms with E-state index in [1.165, 1.54) is 12.1 Å². The fourth-order valence-corrected chi connectivity index (χ4v) is 5.41. The molecule has 43 heavy (non-hydrogen) atoms. The summed E-state index contributed by atoms with van der Waals surface area (Å²) in [4.78, 5) is 45.5. The second-order valence-corrected chi connectivity index (χ2v) is 10.8. The fourth-order valence-electron chi connectivity index (χ4n) is 5.41. The highest BCUT2D eigenvalue weighted by atomic mass is 19.1. The smallest absolute Gasteiger partial charge is 0.242 e. The van der Waals surface area contributed by atoms with Crippen molar-refractivity contribution in [2.75, 3.05) is 26.7 Å². The molecule has 228 valence electrons. The number of nitrogens with two attached hydrogens (primary N) is 2. The van der Waals surface area contributed by atoms with Crippen LogP contribution in [0.5, 0.6) is 0 Å². The molecule has 7 N–H and O–H groups in total. The van der Waals surface area contributed by atoms with Crippen LogP contribution in [0, 0.1) is 5.82 Å². The first-order valence-corrected chi connectivity index (χ1v) is 14.6. The van der Waals surface area contributed by atoms with Crippen LogP contribution in [0.3, 0.4) is 0 Å². The van der Waals surface area contributed by atoms with Crippen molar-refractivity contribution in [1.29, 1.82) is 0 Å². The van der Waals surface area contributed by atoms with E-state index in [9.17, 15) is 18.8 Å². The number of likely N-dealkylation sites (N-methyl/N-ethyl adjacent to an activating group) is 1. The maximum absolute atomic E-state index is 14.0. The van der Waals surface area contributed by atoms with Gasteiger partial charge in [-0.25, -0.2) is 4.39 Å². The number of benzene rings is 3. The molecular formula is C32H40FN7O3. The number of hydrogen-bond donors (Lipinski definition) is 5. The maximum Gasteiger partial charge on any atom is 0.242 e. The number of guanidine groups is 1. The van der Waals surface area contributed by atoms with Gasteiger partial charge < -0.3 is 32.3 Å². The third kappa shape index (κ3) is 8.99. The molecule has 3 aromatic rings. The Hall–Kier alpha value is -4.51. The normalized spacial score (nSPS) is 17.6. The summed E-state index contributed by atoms with van der Waals surface area (Å²) in [6.45, 7) is 0.990. The number of rotatable bonds is 12. The van der Waals surface area contributed by atoms with Gasteiger partial charge in [-0.15, -0.1) is 0 Å². The van der Waals surface area contributed by atoms with Gasteiger partial charge in [0.15, 0.2) is 5.96 Å². The lowest BCUT2D eigenvalue weighted by Gasteiger charge is -2.31. The summed E-state index contributed by atoms with van der Waals surface area (Å²) in [5.74, 6) is -1.00. The summed E-state index contributed by atoms with van der Waals surface area (Å²) < 4.78 is 13.2. The van der Waals surface area contributed by atoms with Crippen molar-refractivity contribution in [1.82, 2.24) is 20.9 Å². The lowest BCUT2D eigenvalue weighted by Crippen LogP contribution is -2.54. The Morgan fingerprint density at radius 2 is 1.79 bits per heavy atom. The van der Waals surface area contributed by atoms with E-state index in [4.69, 9.17) is 11.5 Å². The van der Waals surface area contributed by atoms with Crippen molar-refractivity contribution in [2.24, 2.45) is 16.5 Å². The lowest BCUT2D eigenvalue weighted by molar-refractivity contribution is -0.141. The number of aliphatic imine (C=N–C) groups is 1. The number of amides is 3. The van der Waals surface area contributed by atoms with E-state index in [2.05, 4.69) is 27.0 Å². The van der Waals surface area contributed by atoms with E-state index in [1.807, 2.05) is 36.4 Å². The molecule has 10 nitrogen and oxygen atoms in total. The molecule has 4 rings (SSSR count). The molecule has 0 aromatic heterocycles. The molecule has 3 atom stereocenters. The van der Waals surface area contributed by atoms with E-state index in [-0.39, 0.29) is 42.0 Å². The average Bonchev–Trinajstić information content (AvgIpc) is 3.15. The molecule has 0 spiro atoms. The third-order valence-corrected chi connectivity index (χ3v) is 7.67. The van der Waals surface area contributed by atoms with E-state index in [1.54, 1.807) is 24.1 Å². The Labute approximate surface area is 251 Å². The molecule has 0 saturated carbocycles. The zero-order valence-corrected chi connectivity index (χ0v) is 24.4. The summed E-state index contributed by atoms with van der Waals surface area (Å²) >= 11 is 0. The molecule has 0 bridgehead atoms. The van der Waals surface area contributed by atoms with E-state index in [0.717, 1.165) is 16.3 Å². The van der Waals surface area contributed by atoms with Crippen LogP contribution in [-0.4, -0.2) is 73.4 Å². The maximum atomic E-state index is 14.0. The first kappa shape index (κ1) is 31.4. The molecule has 1 saturated heterocycles. The molecule has 3 aromatic carbocycles. The monoisotopic (exact) mass is 589 g/mol. The van der Waals surface area contributed by atoms with Gasteiger partial charge in [0.1, 0.15) is 11.9 Å². The number of hydrogen-bond acceptors (Lipinski definition) is 5. The van der Waals surface area contributed by atoms with Gasteiger partial charge in [0.05, 0.1) is 12.5 Å². The fraction of sp³-hybridized carbons (Fsp3) is 0.375.